The third-order valence-corrected chi connectivity index (χ3v) is 5.87. The zero-order valence-corrected chi connectivity index (χ0v) is 13.3. The van der Waals surface area contributed by atoms with Gasteiger partial charge in [0, 0.05) is 43.5 Å². The third-order valence-electron chi connectivity index (χ3n) is 5.87. The molecule has 4 atom stereocenters. The van der Waals surface area contributed by atoms with Crippen molar-refractivity contribution in [3.8, 4) is 0 Å². The Morgan fingerprint density at radius 3 is 2.18 bits per heavy atom. The number of carbonyl (C=O) groups excluding carboxylic acids is 1. The maximum Gasteiger partial charge on any atom is 0.257 e. The van der Waals surface area contributed by atoms with E-state index in [0.717, 1.165) is 18.9 Å². The molecule has 0 aromatic carbocycles. The average Bonchev–Trinajstić information content (AvgIpc) is 2.98. The molecule has 22 heavy (non-hydrogen) atoms. The molecule has 3 saturated heterocycles. The molecule has 0 spiro atoms. The fourth-order valence-electron chi connectivity index (χ4n) is 4.72. The van der Waals surface area contributed by atoms with Crippen LogP contribution >= 0.6 is 12.4 Å². The number of nitrogens with zero attached hydrogens (tertiary/aromatic N) is 3. The molecule has 0 radical (unpaired) electrons. The molecule has 1 aromatic heterocycles. The van der Waals surface area contributed by atoms with Gasteiger partial charge in [-0.15, -0.1) is 12.4 Å². The second kappa shape index (κ2) is 5.17. The molecule has 6 heteroatoms. The first kappa shape index (κ1) is 14.4. The summed E-state index contributed by atoms with van der Waals surface area (Å²) in [6, 6.07) is 0.871. The predicted molar refractivity (Wildman–Crippen MR) is 84.1 cm³/mol. The monoisotopic (exact) mass is 320 g/mol. The topological polar surface area (TPSA) is 58.1 Å². The lowest BCUT2D eigenvalue weighted by Gasteiger charge is -2.24. The highest BCUT2D eigenvalue weighted by atomic mass is 35.5. The Balaban J connectivity index is 0.00000125. The highest BCUT2D eigenvalue weighted by Crippen LogP contribution is 2.47. The van der Waals surface area contributed by atoms with Crippen LogP contribution in [0.15, 0.2) is 12.4 Å². The summed E-state index contributed by atoms with van der Waals surface area (Å²) in [5, 5.41) is 3.49. The minimum atomic E-state index is 0. The molecular weight excluding hydrogens is 300 g/mol. The summed E-state index contributed by atoms with van der Waals surface area (Å²) in [4.78, 5) is 23.8. The predicted octanol–water partition coefficient (Wildman–Crippen LogP) is 1.60. The summed E-state index contributed by atoms with van der Waals surface area (Å²) in [5.74, 6) is 2.94. The van der Waals surface area contributed by atoms with E-state index in [-0.39, 0.29) is 18.3 Å². The molecule has 4 fully saturated rings. The molecular formula is C16H21ClN4O. The molecule has 5 rings (SSSR count). The minimum Gasteiger partial charge on any atom is -0.332 e. The van der Waals surface area contributed by atoms with Crippen LogP contribution in [0.2, 0.25) is 0 Å². The molecule has 4 heterocycles. The van der Waals surface area contributed by atoms with Crippen molar-refractivity contribution >= 4 is 18.3 Å². The lowest BCUT2D eigenvalue weighted by atomic mass is 9.82. The Hall–Kier alpha value is -1.20. The molecule has 3 aliphatic heterocycles. The first-order valence-corrected chi connectivity index (χ1v) is 8.18. The van der Waals surface area contributed by atoms with Gasteiger partial charge < -0.3 is 10.2 Å². The van der Waals surface area contributed by atoms with Crippen LogP contribution in [-0.2, 0) is 0 Å². The van der Waals surface area contributed by atoms with Crippen LogP contribution in [0.1, 0.15) is 47.8 Å². The number of halogens is 1. The zero-order chi connectivity index (χ0) is 14.0. The molecule has 1 aliphatic carbocycles. The number of aromatic nitrogens is 2. The Kier molecular flexibility index (Phi) is 3.38. The van der Waals surface area contributed by atoms with E-state index in [1.165, 1.54) is 25.7 Å². The Morgan fingerprint density at radius 1 is 1.05 bits per heavy atom. The van der Waals surface area contributed by atoms with E-state index >= 15 is 0 Å². The van der Waals surface area contributed by atoms with Crippen LogP contribution in [0.5, 0.6) is 0 Å². The van der Waals surface area contributed by atoms with E-state index in [1.54, 1.807) is 12.4 Å². The molecule has 2 bridgehead atoms. The van der Waals surface area contributed by atoms with Crippen LogP contribution in [-0.4, -0.2) is 45.9 Å². The lowest BCUT2D eigenvalue weighted by molar-refractivity contribution is 0.0708. The number of carbonyl (C=O) groups is 1. The normalized spacial score (nSPS) is 35.4. The fraction of sp³-hybridized carbons (Fsp3) is 0.688. The van der Waals surface area contributed by atoms with Gasteiger partial charge in [-0.1, -0.05) is 0 Å². The zero-order valence-electron chi connectivity index (χ0n) is 12.4. The number of nitrogens with one attached hydrogen (secondary N) is 1. The van der Waals surface area contributed by atoms with E-state index in [2.05, 4.69) is 20.2 Å². The average molecular weight is 321 g/mol. The van der Waals surface area contributed by atoms with Crippen LogP contribution in [0, 0.1) is 11.8 Å². The van der Waals surface area contributed by atoms with Crippen LogP contribution in [0.4, 0.5) is 0 Å². The second-order valence-corrected chi connectivity index (χ2v) is 7.01. The van der Waals surface area contributed by atoms with Crippen LogP contribution in [0.3, 0.4) is 0 Å². The molecule has 0 unspecified atom stereocenters. The summed E-state index contributed by atoms with van der Waals surface area (Å²) >= 11 is 0. The largest absolute Gasteiger partial charge is 0.332 e. The van der Waals surface area contributed by atoms with Gasteiger partial charge >= 0.3 is 0 Å². The van der Waals surface area contributed by atoms with Gasteiger partial charge in [-0.2, -0.15) is 0 Å². The molecule has 1 saturated carbocycles. The van der Waals surface area contributed by atoms with Crippen molar-refractivity contribution in [1.29, 1.82) is 0 Å². The molecule has 4 aliphatic rings. The highest BCUT2D eigenvalue weighted by Gasteiger charge is 2.56. The van der Waals surface area contributed by atoms with Crippen molar-refractivity contribution in [3.05, 3.63) is 23.8 Å². The molecule has 118 valence electrons. The first-order chi connectivity index (χ1) is 10.3. The standard InChI is InChI=1S/C16H20N4O.ClH/c21-16(10-5-18-15(19-6-10)9-1-2-9)20-13-3-4-14(20)12-8-17-7-11(12)13;/h5-6,9,11-14,17H,1-4,7-8H2;1H/t11-,12+,13-,14+;. The van der Waals surface area contributed by atoms with E-state index in [9.17, 15) is 4.79 Å². The van der Waals surface area contributed by atoms with Crippen molar-refractivity contribution in [2.24, 2.45) is 11.8 Å². The van der Waals surface area contributed by atoms with Gasteiger partial charge in [-0.3, -0.25) is 4.79 Å². The summed E-state index contributed by atoms with van der Waals surface area (Å²) in [6.45, 7) is 2.15. The SMILES string of the molecule is Cl.O=C(c1cnc(C2CC2)nc1)N1[C@@H]2CC[C@H]1[C@H]1CNC[C@H]12. The summed E-state index contributed by atoms with van der Waals surface area (Å²) < 4.78 is 0. The van der Waals surface area contributed by atoms with Gasteiger partial charge in [0.15, 0.2) is 0 Å². The fourth-order valence-corrected chi connectivity index (χ4v) is 4.72. The van der Waals surface area contributed by atoms with E-state index in [4.69, 9.17) is 0 Å². The molecule has 5 nitrogen and oxygen atoms in total. The van der Waals surface area contributed by atoms with Crippen LogP contribution in [0.25, 0.3) is 0 Å². The van der Waals surface area contributed by atoms with Gasteiger partial charge in [0.1, 0.15) is 5.82 Å². The maximum atomic E-state index is 12.9. The lowest BCUT2D eigenvalue weighted by Crippen LogP contribution is -2.39. The highest BCUT2D eigenvalue weighted by molar-refractivity contribution is 5.94. The van der Waals surface area contributed by atoms with Crippen molar-refractivity contribution < 1.29 is 4.79 Å². The van der Waals surface area contributed by atoms with E-state index < -0.39 is 0 Å². The first-order valence-electron chi connectivity index (χ1n) is 8.18. The van der Waals surface area contributed by atoms with Gasteiger partial charge in [-0.05, 0) is 37.5 Å². The van der Waals surface area contributed by atoms with Crippen molar-refractivity contribution in [2.45, 2.75) is 43.7 Å². The quantitative estimate of drug-likeness (QED) is 0.899. The van der Waals surface area contributed by atoms with Gasteiger partial charge in [0.2, 0.25) is 0 Å². The minimum absolute atomic E-state index is 0. The number of fused-ring (bicyclic) bond motifs is 5. The van der Waals surface area contributed by atoms with Crippen molar-refractivity contribution in [1.82, 2.24) is 20.2 Å². The number of hydrogen-bond donors (Lipinski definition) is 1. The summed E-state index contributed by atoms with van der Waals surface area (Å²) in [6.07, 6.45) is 8.21. The van der Waals surface area contributed by atoms with E-state index in [0.29, 0.717) is 35.4 Å². The number of hydrogen-bond acceptors (Lipinski definition) is 4. The van der Waals surface area contributed by atoms with E-state index in [1.807, 2.05) is 0 Å². The second-order valence-electron chi connectivity index (χ2n) is 7.01. The Bertz CT molecular complexity index is 570. The number of rotatable bonds is 2. The molecule has 1 aromatic rings. The summed E-state index contributed by atoms with van der Waals surface area (Å²) in [7, 11) is 0. The molecule has 1 amide bonds. The maximum absolute atomic E-state index is 12.9. The Morgan fingerprint density at radius 2 is 1.64 bits per heavy atom. The van der Waals surface area contributed by atoms with Crippen LogP contribution < -0.4 is 5.32 Å². The number of amides is 1. The van der Waals surface area contributed by atoms with Gasteiger partial charge in [0.25, 0.3) is 5.91 Å². The van der Waals surface area contributed by atoms with Gasteiger partial charge in [-0.25, -0.2) is 9.97 Å². The smallest absolute Gasteiger partial charge is 0.257 e. The third kappa shape index (κ3) is 1.98. The van der Waals surface area contributed by atoms with Crippen molar-refractivity contribution in [2.75, 3.05) is 13.1 Å². The molecule has 1 N–H and O–H groups in total. The van der Waals surface area contributed by atoms with Gasteiger partial charge in [0.05, 0.1) is 5.56 Å². The Labute approximate surface area is 136 Å². The summed E-state index contributed by atoms with van der Waals surface area (Å²) in [5.41, 5.74) is 0.671. The van der Waals surface area contributed by atoms with Crippen molar-refractivity contribution in [3.63, 3.8) is 0 Å².